The van der Waals surface area contributed by atoms with Crippen LogP contribution in [0, 0.1) is 6.92 Å². The summed E-state index contributed by atoms with van der Waals surface area (Å²) in [5.74, 6) is 0. The number of benzene rings is 1. The summed E-state index contributed by atoms with van der Waals surface area (Å²) in [4.78, 5) is 0. The van der Waals surface area contributed by atoms with Crippen LogP contribution in [0.5, 0.6) is 0 Å². The Hall–Kier alpha value is -1.13. The van der Waals surface area contributed by atoms with Crippen molar-refractivity contribution in [3.05, 3.63) is 51.8 Å². The number of aryl methyl sites for hydroxylation is 3. The van der Waals surface area contributed by atoms with Gasteiger partial charge in [-0.3, -0.25) is 4.68 Å². The van der Waals surface area contributed by atoms with Crippen LogP contribution in [0.15, 0.2) is 34.9 Å². The molecule has 2 aromatic rings. The van der Waals surface area contributed by atoms with Crippen molar-refractivity contribution >= 4 is 15.9 Å². The summed E-state index contributed by atoms with van der Waals surface area (Å²) in [5, 5.41) is 4.31. The smallest absolute Gasteiger partial charge is 0.0693 e. The molecule has 0 saturated heterocycles. The molecular formula is C15H20BrN3. The van der Waals surface area contributed by atoms with Gasteiger partial charge in [-0.25, -0.2) is 0 Å². The molecule has 0 aliphatic rings. The van der Waals surface area contributed by atoms with Gasteiger partial charge in [-0.2, -0.15) is 5.10 Å². The molecule has 0 fully saturated rings. The lowest BCUT2D eigenvalue weighted by Gasteiger charge is -2.14. The minimum Gasteiger partial charge on any atom is -0.323 e. The van der Waals surface area contributed by atoms with E-state index in [1.807, 2.05) is 10.9 Å². The van der Waals surface area contributed by atoms with Gasteiger partial charge < -0.3 is 5.73 Å². The van der Waals surface area contributed by atoms with E-state index in [0.29, 0.717) is 0 Å². The average Bonchev–Trinajstić information content (AvgIpc) is 2.79. The molecular weight excluding hydrogens is 302 g/mol. The molecule has 1 aromatic carbocycles. The van der Waals surface area contributed by atoms with Crippen molar-refractivity contribution < 1.29 is 0 Å². The standard InChI is InChI=1S/C15H20BrN3/c1-3-19-15(13(16)10-18-19)14(17)9-8-12-6-4-11(2)5-7-12/h4-7,10,14H,3,8-9,17H2,1-2H3. The number of nitrogens with two attached hydrogens (primary N) is 1. The Bertz CT molecular complexity index is 531. The molecule has 19 heavy (non-hydrogen) atoms. The summed E-state index contributed by atoms with van der Waals surface area (Å²) in [6, 6.07) is 8.65. The van der Waals surface area contributed by atoms with Crippen molar-refractivity contribution in [3.63, 3.8) is 0 Å². The number of hydrogen-bond acceptors (Lipinski definition) is 2. The van der Waals surface area contributed by atoms with Gasteiger partial charge in [-0.15, -0.1) is 0 Å². The van der Waals surface area contributed by atoms with Gasteiger partial charge in [0, 0.05) is 12.6 Å². The Morgan fingerprint density at radius 1 is 1.32 bits per heavy atom. The fourth-order valence-electron chi connectivity index (χ4n) is 2.21. The third kappa shape index (κ3) is 3.45. The van der Waals surface area contributed by atoms with Gasteiger partial charge in [0.2, 0.25) is 0 Å². The molecule has 102 valence electrons. The summed E-state index contributed by atoms with van der Waals surface area (Å²) in [6.07, 6.45) is 3.74. The molecule has 0 radical (unpaired) electrons. The molecule has 2 rings (SSSR count). The number of rotatable bonds is 5. The van der Waals surface area contributed by atoms with E-state index >= 15 is 0 Å². The van der Waals surface area contributed by atoms with E-state index in [-0.39, 0.29) is 6.04 Å². The van der Waals surface area contributed by atoms with Crippen LogP contribution in [0.3, 0.4) is 0 Å². The minimum atomic E-state index is 0.0122. The predicted octanol–water partition coefficient (Wildman–Crippen LogP) is 3.61. The zero-order chi connectivity index (χ0) is 13.8. The Morgan fingerprint density at radius 3 is 2.63 bits per heavy atom. The first kappa shape index (κ1) is 14.3. The summed E-state index contributed by atoms with van der Waals surface area (Å²) in [5.41, 5.74) is 10.0. The number of nitrogens with zero attached hydrogens (tertiary/aromatic N) is 2. The highest BCUT2D eigenvalue weighted by molar-refractivity contribution is 9.10. The molecule has 0 aliphatic heterocycles. The zero-order valence-corrected chi connectivity index (χ0v) is 13.0. The van der Waals surface area contributed by atoms with Crippen LogP contribution in [0.4, 0.5) is 0 Å². The maximum absolute atomic E-state index is 6.30. The molecule has 0 saturated carbocycles. The van der Waals surface area contributed by atoms with Crippen molar-refractivity contribution in [2.75, 3.05) is 0 Å². The second-order valence-electron chi connectivity index (χ2n) is 4.82. The predicted molar refractivity (Wildman–Crippen MR) is 82.0 cm³/mol. The van der Waals surface area contributed by atoms with Gasteiger partial charge in [-0.05, 0) is 48.2 Å². The van der Waals surface area contributed by atoms with E-state index in [9.17, 15) is 0 Å². The van der Waals surface area contributed by atoms with E-state index in [1.165, 1.54) is 11.1 Å². The van der Waals surface area contributed by atoms with Crippen molar-refractivity contribution in [2.45, 2.75) is 39.3 Å². The van der Waals surface area contributed by atoms with E-state index in [1.54, 1.807) is 0 Å². The van der Waals surface area contributed by atoms with Crippen molar-refractivity contribution in [2.24, 2.45) is 5.73 Å². The van der Waals surface area contributed by atoms with Crippen LogP contribution in [-0.4, -0.2) is 9.78 Å². The van der Waals surface area contributed by atoms with E-state index in [0.717, 1.165) is 29.6 Å². The summed E-state index contributed by atoms with van der Waals surface area (Å²) < 4.78 is 2.97. The summed E-state index contributed by atoms with van der Waals surface area (Å²) >= 11 is 3.53. The van der Waals surface area contributed by atoms with Crippen molar-refractivity contribution in [1.29, 1.82) is 0 Å². The monoisotopic (exact) mass is 321 g/mol. The maximum Gasteiger partial charge on any atom is 0.0693 e. The van der Waals surface area contributed by atoms with Gasteiger partial charge in [-0.1, -0.05) is 29.8 Å². The zero-order valence-electron chi connectivity index (χ0n) is 11.4. The van der Waals surface area contributed by atoms with Gasteiger partial charge >= 0.3 is 0 Å². The molecule has 2 N–H and O–H groups in total. The Morgan fingerprint density at radius 2 is 2.00 bits per heavy atom. The molecule has 0 bridgehead atoms. The van der Waals surface area contributed by atoms with Gasteiger partial charge in [0.05, 0.1) is 16.4 Å². The normalized spacial score (nSPS) is 12.6. The highest BCUT2D eigenvalue weighted by Gasteiger charge is 2.15. The molecule has 4 heteroatoms. The summed E-state index contributed by atoms with van der Waals surface area (Å²) in [6.45, 7) is 5.03. The first-order valence-corrected chi connectivity index (χ1v) is 7.43. The molecule has 0 spiro atoms. The first-order valence-electron chi connectivity index (χ1n) is 6.64. The first-order chi connectivity index (χ1) is 9.11. The van der Waals surface area contributed by atoms with Crippen LogP contribution in [0.2, 0.25) is 0 Å². The average molecular weight is 322 g/mol. The van der Waals surface area contributed by atoms with Crippen LogP contribution in [-0.2, 0) is 13.0 Å². The van der Waals surface area contributed by atoms with E-state index in [4.69, 9.17) is 5.73 Å². The highest BCUT2D eigenvalue weighted by Crippen LogP contribution is 2.25. The highest BCUT2D eigenvalue weighted by atomic mass is 79.9. The molecule has 1 heterocycles. The fourth-order valence-corrected chi connectivity index (χ4v) is 2.80. The minimum absolute atomic E-state index is 0.0122. The van der Waals surface area contributed by atoms with Crippen molar-refractivity contribution in [3.8, 4) is 0 Å². The Balaban J connectivity index is 2.03. The summed E-state index contributed by atoms with van der Waals surface area (Å²) in [7, 11) is 0. The molecule has 0 amide bonds. The van der Waals surface area contributed by atoms with Gasteiger partial charge in [0.15, 0.2) is 0 Å². The molecule has 1 unspecified atom stereocenters. The fraction of sp³-hybridized carbons (Fsp3) is 0.400. The second kappa shape index (κ2) is 6.35. The maximum atomic E-state index is 6.30. The molecule has 1 atom stereocenters. The Kier molecular flexibility index (Phi) is 4.77. The quantitative estimate of drug-likeness (QED) is 0.914. The lowest BCUT2D eigenvalue weighted by molar-refractivity contribution is 0.545. The van der Waals surface area contributed by atoms with Crippen LogP contribution >= 0.6 is 15.9 Å². The van der Waals surface area contributed by atoms with Gasteiger partial charge in [0.1, 0.15) is 0 Å². The number of aromatic nitrogens is 2. The Labute approximate surface area is 122 Å². The number of hydrogen-bond donors (Lipinski definition) is 1. The van der Waals surface area contributed by atoms with Crippen LogP contribution in [0.1, 0.15) is 36.2 Å². The number of halogens is 1. The molecule has 1 aromatic heterocycles. The SMILES string of the molecule is CCn1ncc(Br)c1C(N)CCc1ccc(C)cc1. The second-order valence-corrected chi connectivity index (χ2v) is 5.68. The topological polar surface area (TPSA) is 43.8 Å². The van der Waals surface area contributed by atoms with Crippen molar-refractivity contribution in [1.82, 2.24) is 9.78 Å². The lowest BCUT2D eigenvalue weighted by Crippen LogP contribution is -2.17. The largest absolute Gasteiger partial charge is 0.323 e. The van der Waals surface area contributed by atoms with Gasteiger partial charge in [0.25, 0.3) is 0 Å². The van der Waals surface area contributed by atoms with E-state index < -0.39 is 0 Å². The van der Waals surface area contributed by atoms with Crippen LogP contribution < -0.4 is 5.73 Å². The molecule has 0 aliphatic carbocycles. The lowest BCUT2D eigenvalue weighted by atomic mass is 10.0. The third-order valence-electron chi connectivity index (χ3n) is 3.35. The third-order valence-corrected chi connectivity index (χ3v) is 3.96. The van der Waals surface area contributed by atoms with E-state index in [2.05, 4.69) is 59.1 Å². The van der Waals surface area contributed by atoms with Crippen LogP contribution in [0.25, 0.3) is 0 Å². The molecule has 3 nitrogen and oxygen atoms in total.